The summed E-state index contributed by atoms with van der Waals surface area (Å²) in [5, 5.41) is 10.5. The molecule has 1 aromatic carbocycles. The van der Waals surface area contributed by atoms with Gasteiger partial charge in [-0.3, -0.25) is 28.9 Å². The minimum absolute atomic E-state index is 0.0349. The number of allylic oxidation sites excluding steroid dienone is 2. The van der Waals surface area contributed by atoms with Crippen molar-refractivity contribution in [1.82, 2.24) is 39.9 Å². The maximum Gasteiger partial charge on any atom is 0.317 e. The van der Waals surface area contributed by atoms with E-state index in [4.69, 9.17) is 0 Å². The summed E-state index contributed by atoms with van der Waals surface area (Å²) in [6.07, 6.45) is 11.3. The molecular weight excluding hydrogens is 737 g/mol. The lowest BCUT2D eigenvalue weighted by Gasteiger charge is -2.32. The molecule has 5 atom stereocenters. The zero-order valence-corrected chi connectivity index (χ0v) is 32.6. The number of nitrogens with zero attached hydrogens (tertiary/aromatic N) is 5. The van der Waals surface area contributed by atoms with Crippen molar-refractivity contribution in [2.75, 3.05) is 20.1 Å². The first-order valence-corrected chi connectivity index (χ1v) is 20.7. The standard InChI is InChI=1S/C40H48N8O7S/c1-5-25-21-40(25,38(52)45-56(54,55)27-16-17-27)44-35(49)33-20-26-23-47(33)37(51)34(24(2)3)43-39(53)46(4)19-9-7-6-8-12-30-31(22-42-48(26)36(30)50)28-13-10-15-32-29(28)14-11-18-41-32/h5-6,8,10-11,13-15,18,22,24-27,33-34H,1,7,9,12,16-17,19-21,23H2,2-4H3,(H,43,53)(H,44,49)(H,45,52)/b8-6+/t25-,26?,33+,34+,40-/m1/s1. The quantitative estimate of drug-likeness (QED) is 0.288. The van der Waals surface area contributed by atoms with Gasteiger partial charge < -0.3 is 20.4 Å². The molecule has 56 heavy (non-hydrogen) atoms. The number of carbonyl (C=O) groups excluding carboxylic acids is 4. The molecule has 0 spiro atoms. The zero-order valence-electron chi connectivity index (χ0n) is 31.8. The number of fused-ring (bicyclic) bond motifs is 6. The Morgan fingerprint density at radius 3 is 2.59 bits per heavy atom. The molecule has 4 aliphatic rings. The molecule has 5 amide bonds. The average Bonchev–Trinajstić information content (AvgIpc) is 4.10. The molecule has 0 radical (unpaired) electrons. The number of urea groups is 1. The van der Waals surface area contributed by atoms with Crippen LogP contribution < -0.4 is 20.9 Å². The van der Waals surface area contributed by atoms with Crippen LogP contribution in [0.3, 0.4) is 0 Å². The summed E-state index contributed by atoms with van der Waals surface area (Å²) < 4.78 is 29.0. The van der Waals surface area contributed by atoms with Crippen molar-refractivity contribution in [3.8, 4) is 11.1 Å². The molecule has 16 heteroatoms. The Labute approximate surface area is 325 Å². The number of aromatic nitrogens is 3. The van der Waals surface area contributed by atoms with E-state index in [9.17, 15) is 32.4 Å². The van der Waals surface area contributed by atoms with Crippen molar-refractivity contribution in [1.29, 1.82) is 0 Å². The van der Waals surface area contributed by atoms with Gasteiger partial charge in [-0.25, -0.2) is 17.9 Å². The highest BCUT2D eigenvalue weighted by molar-refractivity contribution is 7.91. The fourth-order valence-corrected chi connectivity index (χ4v) is 9.20. The third-order valence-corrected chi connectivity index (χ3v) is 13.2. The fraction of sp³-hybridized carbons (Fsp3) is 0.475. The minimum Gasteiger partial charge on any atom is -0.339 e. The van der Waals surface area contributed by atoms with E-state index in [0.29, 0.717) is 43.4 Å². The van der Waals surface area contributed by atoms with Gasteiger partial charge in [0.05, 0.1) is 23.0 Å². The van der Waals surface area contributed by atoms with Gasteiger partial charge in [-0.1, -0.05) is 50.3 Å². The fourth-order valence-electron chi connectivity index (χ4n) is 7.84. The Balaban J connectivity index is 1.29. The molecule has 1 saturated heterocycles. The normalized spacial score (nSPS) is 26.4. The molecule has 2 aliphatic heterocycles. The summed E-state index contributed by atoms with van der Waals surface area (Å²) in [4.78, 5) is 77.9. The van der Waals surface area contributed by atoms with Crippen LogP contribution in [-0.2, 0) is 30.8 Å². The van der Waals surface area contributed by atoms with E-state index >= 15 is 0 Å². The van der Waals surface area contributed by atoms with Crippen LogP contribution in [0, 0.1) is 11.8 Å². The van der Waals surface area contributed by atoms with Crippen molar-refractivity contribution in [3.63, 3.8) is 0 Å². The molecule has 15 nitrogen and oxygen atoms in total. The first-order valence-electron chi connectivity index (χ1n) is 19.2. The highest BCUT2D eigenvalue weighted by Gasteiger charge is 2.62. The number of rotatable bonds is 8. The van der Waals surface area contributed by atoms with Gasteiger partial charge in [0.2, 0.25) is 21.8 Å². The minimum atomic E-state index is -3.92. The Bertz CT molecular complexity index is 2280. The van der Waals surface area contributed by atoms with E-state index in [1.165, 1.54) is 20.6 Å². The highest BCUT2D eigenvalue weighted by Crippen LogP contribution is 2.45. The van der Waals surface area contributed by atoms with Crippen LogP contribution >= 0.6 is 0 Å². The monoisotopic (exact) mass is 784 g/mol. The maximum absolute atomic E-state index is 14.6. The topological polar surface area (TPSA) is 193 Å². The van der Waals surface area contributed by atoms with Crippen molar-refractivity contribution < 1.29 is 27.6 Å². The molecule has 7 rings (SSSR count). The third kappa shape index (κ3) is 7.45. The van der Waals surface area contributed by atoms with E-state index in [-0.39, 0.29) is 37.3 Å². The number of carbonyl (C=O) groups is 4. The molecule has 3 fully saturated rings. The number of pyridine rings is 1. The number of hydrogen-bond donors (Lipinski definition) is 3. The number of sulfonamides is 1. The molecule has 3 N–H and O–H groups in total. The predicted octanol–water partition coefficient (Wildman–Crippen LogP) is 2.83. The Morgan fingerprint density at radius 2 is 1.88 bits per heavy atom. The van der Waals surface area contributed by atoms with E-state index in [2.05, 4.69) is 32.0 Å². The highest BCUT2D eigenvalue weighted by atomic mass is 32.2. The van der Waals surface area contributed by atoms with E-state index in [1.54, 1.807) is 33.3 Å². The van der Waals surface area contributed by atoms with Crippen LogP contribution in [-0.4, -0.2) is 99.7 Å². The van der Waals surface area contributed by atoms with E-state index in [0.717, 1.165) is 16.5 Å². The summed E-state index contributed by atoms with van der Waals surface area (Å²) in [7, 11) is -2.27. The van der Waals surface area contributed by atoms with Crippen LogP contribution in [0.2, 0.25) is 0 Å². The molecule has 4 bridgehead atoms. The average molecular weight is 785 g/mol. The van der Waals surface area contributed by atoms with Crippen molar-refractivity contribution in [2.24, 2.45) is 11.8 Å². The van der Waals surface area contributed by atoms with E-state index in [1.807, 2.05) is 42.5 Å². The number of amides is 5. The molecular formula is C40H48N8O7S. The second-order valence-electron chi connectivity index (χ2n) is 15.7. The van der Waals surface area contributed by atoms with Gasteiger partial charge in [0, 0.05) is 55.2 Å². The lowest BCUT2D eigenvalue weighted by atomic mass is 9.96. The number of benzene rings is 1. The largest absolute Gasteiger partial charge is 0.339 e. The first-order chi connectivity index (χ1) is 26.8. The summed E-state index contributed by atoms with van der Waals surface area (Å²) in [6, 6.07) is 6.05. The lowest BCUT2D eigenvalue weighted by Crippen LogP contribution is -2.59. The summed E-state index contributed by atoms with van der Waals surface area (Å²) in [5.74, 6) is -3.01. The molecule has 1 unspecified atom stereocenters. The van der Waals surface area contributed by atoms with Crippen molar-refractivity contribution in [3.05, 3.63) is 83.4 Å². The van der Waals surface area contributed by atoms with Crippen LogP contribution in [0.4, 0.5) is 4.79 Å². The molecule has 4 heterocycles. The zero-order chi connectivity index (χ0) is 39.9. The van der Waals surface area contributed by atoms with Gasteiger partial charge in [-0.15, -0.1) is 6.58 Å². The van der Waals surface area contributed by atoms with Crippen LogP contribution in [0.15, 0.2) is 72.3 Å². The molecule has 2 aromatic heterocycles. The smallest absolute Gasteiger partial charge is 0.317 e. The van der Waals surface area contributed by atoms with Crippen LogP contribution in [0.5, 0.6) is 0 Å². The molecule has 2 saturated carbocycles. The van der Waals surface area contributed by atoms with Gasteiger partial charge in [-0.2, -0.15) is 5.10 Å². The molecule has 3 aromatic rings. The summed E-state index contributed by atoms with van der Waals surface area (Å²) >= 11 is 0. The van der Waals surface area contributed by atoms with Crippen LogP contribution in [0.1, 0.15) is 64.0 Å². The second kappa shape index (κ2) is 15.3. The van der Waals surface area contributed by atoms with E-state index < -0.39 is 68.6 Å². The van der Waals surface area contributed by atoms with Gasteiger partial charge >= 0.3 is 6.03 Å². The maximum atomic E-state index is 14.6. The third-order valence-electron chi connectivity index (χ3n) is 11.4. The summed E-state index contributed by atoms with van der Waals surface area (Å²) in [6.45, 7) is 7.68. The number of nitrogens with one attached hydrogen (secondary N) is 3. The molecule has 2 aliphatic carbocycles. The van der Waals surface area contributed by atoms with Gasteiger partial charge in [0.1, 0.15) is 17.6 Å². The summed E-state index contributed by atoms with van der Waals surface area (Å²) in [5.41, 5.74) is 0.717. The first kappa shape index (κ1) is 38.9. The predicted molar refractivity (Wildman–Crippen MR) is 210 cm³/mol. The van der Waals surface area contributed by atoms with Gasteiger partial charge in [-0.05, 0) is 62.1 Å². The Kier molecular flexibility index (Phi) is 10.6. The van der Waals surface area contributed by atoms with Crippen molar-refractivity contribution in [2.45, 2.75) is 87.7 Å². The van der Waals surface area contributed by atoms with Gasteiger partial charge in [0.15, 0.2) is 0 Å². The Hall–Kier alpha value is -5.38. The lowest BCUT2D eigenvalue weighted by molar-refractivity contribution is -0.141. The molecule has 296 valence electrons. The van der Waals surface area contributed by atoms with Crippen molar-refractivity contribution >= 4 is 44.7 Å². The number of hydrogen-bond acceptors (Lipinski definition) is 9. The SMILES string of the molecule is C=C[C@@H]1C[C@]1(NC(=O)[C@@H]1CC2CN1C(=O)[C@H](C(C)C)NC(=O)N(C)CCC/C=C/Cc1c(-c3cccc4ncccc34)cnn2c1=O)C(=O)NS(=O)(=O)C1CC1. The van der Waals surface area contributed by atoms with Crippen LogP contribution in [0.25, 0.3) is 22.0 Å². The Morgan fingerprint density at radius 1 is 1.09 bits per heavy atom. The second-order valence-corrected chi connectivity index (χ2v) is 17.6. The van der Waals surface area contributed by atoms with Gasteiger partial charge in [0.25, 0.3) is 11.5 Å².